The Morgan fingerprint density at radius 1 is 1.00 bits per heavy atom. The number of nitro groups is 1. The maximum Gasteiger partial charge on any atom is 0.344 e. The molecule has 1 amide bonds. The van der Waals surface area contributed by atoms with Gasteiger partial charge in [0.1, 0.15) is 5.58 Å². The van der Waals surface area contributed by atoms with Crippen LogP contribution >= 0.6 is 11.6 Å². The maximum atomic E-state index is 12.5. The molecule has 0 radical (unpaired) electrons. The molecular weight excluding hydrogens is 408 g/mol. The number of nitrogens with one attached hydrogen (secondary N) is 1. The minimum Gasteiger partial charge on any atom is -0.422 e. The van der Waals surface area contributed by atoms with E-state index in [0.717, 1.165) is 5.39 Å². The Morgan fingerprint density at radius 3 is 2.43 bits per heavy atom. The highest BCUT2D eigenvalue weighted by molar-refractivity contribution is 6.34. The monoisotopic (exact) mass is 420 g/mol. The van der Waals surface area contributed by atoms with Crippen LogP contribution in [0.2, 0.25) is 5.02 Å². The minimum absolute atomic E-state index is 0.0583. The van der Waals surface area contributed by atoms with Crippen LogP contribution in [0.4, 0.5) is 11.4 Å². The number of carbonyl (C=O) groups excluding carboxylic acids is 1. The lowest BCUT2D eigenvalue weighted by molar-refractivity contribution is -0.384. The molecule has 0 spiro atoms. The Balaban J connectivity index is 1.58. The summed E-state index contributed by atoms with van der Waals surface area (Å²) in [6, 6.07) is 19.2. The second kappa shape index (κ2) is 7.81. The number of amides is 1. The predicted octanol–water partition coefficient (Wildman–Crippen LogP) is 5.27. The molecule has 0 saturated heterocycles. The third-order valence-electron chi connectivity index (χ3n) is 4.51. The average Bonchev–Trinajstić information content (AvgIpc) is 2.74. The molecule has 0 fully saturated rings. The topological polar surface area (TPSA) is 102 Å². The van der Waals surface area contributed by atoms with Gasteiger partial charge in [0.15, 0.2) is 0 Å². The smallest absolute Gasteiger partial charge is 0.344 e. The van der Waals surface area contributed by atoms with Crippen molar-refractivity contribution in [2.45, 2.75) is 0 Å². The van der Waals surface area contributed by atoms with Crippen molar-refractivity contribution >= 4 is 39.9 Å². The summed E-state index contributed by atoms with van der Waals surface area (Å²) in [5.74, 6) is -0.442. The lowest BCUT2D eigenvalue weighted by atomic mass is 10.0. The Labute approximate surface area is 174 Å². The zero-order valence-electron chi connectivity index (χ0n) is 15.3. The highest BCUT2D eigenvalue weighted by Gasteiger charge is 2.14. The van der Waals surface area contributed by atoms with Gasteiger partial charge < -0.3 is 9.73 Å². The van der Waals surface area contributed by atoms with Crippen molar-refractivity contribution in [2.24, 2.45) is 0 Å². The molecule has 0 saturated carbocycles. The summed E-state index contributed by atoms with van der Waals surface area (Å²) in [5, 5.41) is 14.2. The Morgan fingerprint density at radius 2 is 1.73 bits per heavy atom. The number of non-ortho nitro benzene ring substituents is 1. The van der Waals surface area contributed by atoms with E-state index in [4.69, 9.17) is 16.0 Å². The first kappa shape index (κ1) is 19.4. The molecule has 4 rings (SSSR count). The molecule has 148 valence electrons. The Hall–Kier alpha value is -3.97. The van der Waals surface area contributed by atoms with Gasteiger partial charge in [-0.15, -0.1) is 0 Å². The zero-order chi connectivity index (χ0) is 21.3. The zero-order valence-corrected chi connectivity index (χ0v) is 16.1. The van der Waals surface area contributed by atoms with E-state index in [1.165, 1.54) is 18.2 Å². The fourth-order valence-corrected chi connectivity index (χ4v) is 3.20. The van der Waals surface area contributed by atoms with Crippen molar-refractivity contribution < 1.29 is 14.1 Å². The van der Waals surface area contributed by atoms with E-state index in [0.29, 0.717) is 22.3 Å². The van der Waals surface area contributed by atoms with E-state index in [9.17, 15) is 19.7 Å². The Kier molecular flexibility index (Phi) is 5.04. The van der Waals surface area contributed by atoms with Gasteiger partial charge in [-0.2, -0.15) is 0 Å². The van der Waals surface area contributed by atoms with Gasteiger partial charge in [0, 0.05) is 23.1 Å². The number of hydrogen-bond donors (Lipinski definition) is 1. The van der Waals surface area contributed by atoms with E-state index in [1.807, 2.05) is 12.1 Å². The lowest BCUT2D eigenvalue weighted by Crippen LogP contribution is -2.12. The maximum absolute atomic E-state index is 12.5. The molecular formula is C22H13ClN2O5. The first-order chi connectivity index (χ1) is 14.4. The van der Waals surface area contributed by atoms with Crippen LogP contribution in [-0.2, 0) is 0 Å². The van der Waals surface area contributed by atoms with Gasteiger partial charge in [-0.05, 0) is 35.9 Å². The van der Waals surface area contributed by atoms with E-state index in [-0.39, 0.29) is 16.4 Å². The molecule has 4 aromatic rings. The molecule has 0 aliphatic heterocycles. The molecule has 3 aromatic carbocycles. The fourth-order valence-electron chi connectivity index (χ4n) is 2.98. The molecule has 0 bridgehead atoms. The normalized spacial score (nSPS) is 10.7. The van der Waals surface area contributed by atoms with Gasteiger partial charge in [0.25, 0.3) is 11.6 Å². The van der Waals surface area contributed by atoms with Crippen LogP contribution in [0.25, 0.3) is 22.1 Å². The standard InChI is InChI=1S/C22H13ClN2O5/c23-18-12-16(25(28)29)9-10-19(18)24-21(26)14-7-5-13(6-8-14)17-11-15-3-1-2-4-20(15)30-22(17)27/h1-12H,(H,24,26). The first-order valence-corrected chi connectivity index (χ1v) is 9.19. The van der Waals surface area contributed by atoms with E-state index in [1.54, 1.807) is 42.5 Å². The first-order valence-electron chi connectivity index (χ1n) is 8.81. The van der Waals surface area contributed by atoms with Crippen LogP contribution in [0.15, 0.2) is 82.0 Å². The van der Waals surface area contributed by atoms with Gasteiger partial charge in [-0.3, -0.25) is 14.9 Å². The summed E-state index contributed by atoms with van der Waals surface area (Å²) < 4.78 is 5.35. The molecule has 1 heterocycles. The van der Waals surface area contributed by atoms with Gasteiger partial charge in [-0.1, -0.05) is 41.9 Å². The number of halogens is 1. The van der Waals surface area contributed by atoms with E-state index >= 15 is 0 Å². The number of benzene rings is 3. The number of carbonyl (C=O) groups is 1. The molecule has 8 heteroatoms. The van der Waals surface area contributed by atoms with Gasteiger partial charge in [-0.25, -0.2) is 4.79 Å². The number of nitro benzene ring substituents is 1. The van der Waals surface area contributed by atoms with Crippen LogP contribution in [-0.4, -0.2) is 10.8 Å². The summed E-state index contributed by atoms with van der Waals surface area (Å²) in [7, 11) is 0. The summed E-state index contributed by atoms with van der Waals surface area (Å²) in [6.07, 6.45) is 0. The van der Waals surface area contributed by atoms with Crippen LogP contribution < -0.4 is 10.9 Å². The molecule has 7 nitrogen and oxygen atoms in total. The molecule has 0 atom stereocenters. The quantitative estimate of drug-likeness (QED) is 0.275. The third kappa shape index (κ3) is 3.78. The van der Waals surface area contributed by atoms with Crippen LogP contribution in [0.3, 0.4) is 0 Å². The van der Waals surface area contributed by atoms with Crippen molar-refractivity contribution in [2.75, 3.05) is 5.32 Å². The highest BCUT2D eigenvalue weighted by atomic mass is 35.5. The molecule has 0 aliphatic carbocycles. The van der Waals surface area contributed by atoms with Crippen molar-refractivity contribution in [3.05, 3.63) is 104 Å². The van der Waals surface area contributed by atoms with Crippen molar-refractivity contribution in [1.82, 2.24) is 0 Å². The lowest BCUT2D eigenvalue weighted by Gasteiger charge is -2.08. The number of anilines is 1. The summed E-state index contributed by atoms with van der Waals surface area (Å²) in [6.45, 7) is 0. The van der Waals surface area contributed by atoms with Crippen molar-refractivity contribution in [3.8, 4) is 11.1 Å². The molecule has 1 N–H and O–H groups in total. The molecule has 0 unspecified atom stereocenters. The van der Waals surface area contributed by atoms with Crippen LogP contribution in [0.1, 0.15) is 10.4 Å². The number of hydrogen-bond acceptors (Lipinski definition) is 5. The largest absolute Gasteiger partial charge is 0.422 e. The summed E-state index contributed by atoms with van der Waals surface area (Å²) >= 11 is 6.01. The average molecular weight is 421 g/mol. The van der Waals surface area contributed by atoms with Crippen LogP contribution in [0.5, 0.6) is 0 Å². The highest BCUT2D eigenvalue weighted by Crippen LogP contribution is 2.27. The third-order valence-corrected chi connectivity index (χ3v) is 4.82. The minimum atomic E-state index is -0.570. The van der Waals surface area contributed by atoms with Gasteiger partial charge in [0.05, 0.1) is 21.2 Å². The number of fused-ring (bicyclic) bond motifs is 1. The van der Waals surface area contributed by atoms with Gasteiger partial charge in [0.2, 0.25) is 0 Å². The fraction of sp³-hybridized carbons (Fsp3) is 0. The number of nitrogens with zero attached hydrogens (tertiary/aromatic N) is 1. The second-order valence-corrected chi connectivity index (χ2v) is 6.85. The van der Waals surface area contributed by atoms with Crippen molar-refractivity contribution in [1.29, 1.82) is 0 Å². The SMILES string of the molecule is O=C(Nc1ccc([N+](=O)[O-])cc1Cl)c1ccc(-c2cc3ccccc3oc2=O)cc1. The summed E-state index contributed by atoms with van der Waals surface area (Å²) in [4.78, 5) is 35.0. The second-order valence-electron chi connectivity index (χ2n) is 6.44. The van der Waals surface area contributed by atoms with E-state index < -0.39 is 16.5 Å². The van der Waals surface area contributed by atoms with E-state index in [2.05, 4.69) is 5.32 Å². The van der Waals surface area contributed by atoms with Crippen LogP contribution in [0, 0.1) is 10.1 Å². The van der Waals surface area contributed by atoms with Gasteiger partial charge >= 0.3 is 5.63 Å². The number of para-hydroxylation sites is 1. The molecule has 1 aromatic heterocycles. The summed E-state index contributed by atoms with van der Waals surface area (Å²) in [5.41, 5.74) is 1.45. The predicted molar refractivity (Wildman–Crippen MR) is 114 cm³/mol. The van der Waals surface area contributed by atoms with Crippen molar-refractivity contribution in [3.63, 3.8) is 0 Å². The number of rotatable bonds is 4. The molecule has 30 heavy (non-hydrogen) atoms. The Bertz CT molecular complexity index is 1350. The molecule has 0 aliphatic rings.